The molecule has 3 nitrogen and oxygen atoms in total. The molecule has 0 aromatic rings. The monoisotopic (exact) mass is 283 g/mol. The molecule has 1 rings (SSSR count). The van der Waals surface area contributed by atoms with Crippen molar-refractivity contribution in [2.45, 2.75) is 84.2 Å². The summed E-state index contributed by atoms with van der Waals surface area (Å²) < 4.78 is 5.74. The van der Waals surface area contributed by atoms with E-state index in [0.717, 1.165) is 38.8 Å². The highest BCUT2D eigenvalue weighted by molar-refractivity contribution is 5.69. The van der Waals surface area contributed by atoms with Crippen molar-refractivity contribution in [3.63, 3.8) is 0 Å². The molecule has 0 spiro atoms. The summed E-state index contributed by atoms with van der Waals surface area (Å²) in [4.78, 5) is 12.0. The molecule has 3 heteroatoms. The minimum atomic E-state index is -0.304. The summed E-state index contributed by atoms with van der Waals surface area (Å²) in [6, 6.07) is 0. The van der Waals surface area contributed by atoms with E-state index in [1.165, 1.54) is 25.7 Å². The zero-order valence-corrected chi connectivity index (χ0v) is 13.7. The van der Waals surface area contributed by atoms with Crippen molar-refractivity contribution in [2.75, 3.05) is 13.1 Å². The van der Waals surface area contributed by atoms with Gasteiger partial charge in [-0.1, -0.05) is 39.0 Å². The maximum atomic E-state index is 12.0. The fourth-order valence-corrected chi connectivity index (χ4v) is 2.99. The Bertz CT molecular complexity index is 270. The Kier molecular flexibility index (Phi) is 8.20. The van der Waals surface area contributed by atoms with Crippen LogP contribution >= 0.6 is 0 Å². The van der Waals surface area contributed by atoms with Gasteiger partial charge in [0.1, 0.15) is 5.60 Å². The number of carbonyl (C=O) groups is 1. The number of hydrogen-bond acceptors (Lipinski definition) is 3. The Balaban J connectivity index is 2.16. The van der Waals surface area contributed by atoms with Crippen molar-refractivity contribution in [1.29, 1.82) is 0 Å². The molecular weight excluding hydrogens is 250 g/mol. The van der Waals surface area contributed by atoms with Gasteiger partial charge in [0.25, 0.3) is 0 Å². The highest BCUT2D eigenvalue weighted by Gasteiger charge is 2.33. The van der Waals surface area contributed by atoms with Gasteiger partial charge in [-0.15, -0.1) is 0 Å². The van der Waals surface area contributed by atoms with Crippen LogP contribution in [-0.4, -0.2) is 24.7 Å². The van der Waals surface area contributed by atoms with Crippen LogP contribution in [0.25, 0.3) is 0 Å². The average molecular weight is 283 g/mol. The van der Waals surface area contributed by atoms with Crippen LogP contribution in [0.4, 0.5) is 0 Å². The predicted octanol–water partition coefficient (Wildman–Crippen LogP) is 4.06. The number of carbonyl (C=O) groups excluding carboxylic acids is 1. The van der Waals surface area contributed by atoms with Crippen LogP contribution in [0.15, 0.2) is 0 Å². The molecule has 0 bridgehead atoms. The normalized spacial score (nSPS) is 17.1. The Morgan fingerprint density at radius 3 is 2.35 bits per heavy atom. The zero-order valence-electron chi connectivity index (χ0n) is 13.7. The van der Waals surface area contributed by atoms with Crippen molar-refractivity contribution < 1.29 is 9.53 Å². The molecule has 118 valence electrons. The molecule has 1 saturated heterocycles. The number of hydrogen-bond donors (Lipinski definition) is 1. The van der Waals surface area contributed by atoms with Gasteiger partial charge in [-0.2, -0.15) is 0 Å². The van der Waals surface area contributed by atoms with Crippen molar-refractivity contribution in [2.24, 2.45) is 5.92 Å². The van der Waals surface area contributed by atoms with E-state index in [2.05, 4.69) is 26.1 Å². The highest BCUT2D eigenvalue weighted by Crippen LogP contribution is 2.29. The van der Waals surface area contributed by atoms with E-state index in [0.29, 0.717) is 12.3 Å². The quantitative estimate of drug-likeness (QED) is 0.512. The van der Waals surface area contributed by atoms with Crippen LogP contribution in [-0.2, 0) is 9.53 Å². The molecule has 1 N–H and O–H groups in total. The van der Waals surface area contributed by atoms with E-state index in [1.54, 1.807) is 0 Å². The van der Waals surface area contributed by atoms with Gasteiger partial charge in [0.15, 0.2) is 0 Å². The van der Waals surface area contributed by atoms with Gasteiger partial charge in [0.05, 0.1) is 0 Å². The first-order chi connectivity index (χ1) is 9.56. The first-order valence-corrected chi connectivity index (χ1v) is 8.49. The topological polar surface area (TPSA) is 38.3 Å². The van der Waals surface area contributed by atoms with Crippen LogP contribution in [0, 0.1) is 5.92 Å². The second-order valence-electron chi connectivity index (χ2n) is 6.62. The van der Waals surface area contributed by atoms with Crippen LogP contribution in [0.5, 0.6) is 0 Å². The lowest BCUT2D eigenvalue weighted by Gasteiger charge is -2.36. The molecule has 1 heterocycles. The van der Waals surface area contributed by atoms with Gasteiger partial charge in [0, 0.05) is 12.3 Å². The summed E-state index contributed by atoms with van der Waals surface area (Å²) in [5.74, 6) is 0.487. The predicted molar refractivity (Wildman–Crippen MR) is 83.8 cm³/mol. The van der Waals surface area contributed by atoms with Gasteiger partial charge in [-0.25, -0.2) is 0 Å². The summed E-state index contributed by atoms with van der Waals surface area (Å²) in [5.41, 5.74) is -0.304. The number of rotatable bonds is 9. The Morgan fingerprint density at radius 2 is 1.70 bits per heavy atom. The SMILES string of the molecule is CCCCCCCCC(=O)OC(C)(C)C1CCNCC1. The lowest BCUT2D eigenvalue weighted by molar-refractivity contribution is -0.162. The third-order valence-electron chi connectivity index (χ3n) is 4.43. The number of unbranched alkanes of at least 4 members (excludes halogenated alkanes) is 5. The summed E-state index contributed by atoms with van der Waals surface area (Å²) >= 11 is 0. The van der Waals surface area contributed by atoms with Gasteiger partial charge in [-0.05, 0) is 46.2 Å². The number of esters is 1. The van der Waals surface area contributed by atoms with E-state index in [1.807, 2.05) is 0 Å². The highest BCUT2D eigenvalue weighted by atomic mass is 16.6. The first-order valence-electron chi connectivity index (χ1n) is 8.49. The lowest BCUT2D eigenvalue weighted by Crippen LogP contribution is -2.42. The van der Waals surface area contributed by atoms with Gasteiger partial charge < -0.3 is 10.1 Å². The van der Waals surface area contributed by atoms with Crippen molar-refractivity contribution >= 4 is 5.97 Å². The number of ether oxygens (including phenoxy) is 1. The van der Waals surface area contributed by atoms with Crippen LogP contribution in [0.1, 0.15) is 78.6 Å². The molecule has 1 fully saturated rings. The maximum absolute atomic E-state index is 12.0. The van der Waals surface area contributed by atoms with Gasteiger partial charge in [-0.3, -0.25) is 4.79 Å². The molecule has 0 aromatic heterocycles. The molecule has 0 amide bonds. The molecule has 0 aliphatic carbocycles. The molecule has 1 aliphatic heterocycles. The standard InChI is InChI=1S/C17H33NO2/c1-4-5-6-7-8-9-10-16(19)20-17(2,3)15-11-13-18-14-12-15/h15,18H,4-14H2,1-3H3. The Labute approximate surface area is 124 Å². The molecule has 0 radical (unpaired) electrons. The fraction of sp³-hybridized carbons (Fsp3) is 0.941. The molecular formula is C17H33NO2. The minimum absolute atomic E-state index is 0.0102. The maximum Gasteiger partial charge on any atom is 0.306 e. The van der Waals surface area contributed by atoms with E-state index < -0.39 is 0 Å². The van der Waals surface area contributed by atoms with Gasteiger partial charge in [0.2, 0.25) is 0 Å². The van der Waals surface area contributed by atoms with Crippen molar-refractivity contribution in [3.05, 3.63) is 0 Å². The first kappa shape index (κ1) is 17.5. The van der Waals surface area contributed by atoms with E-state index in [9.17, 15) is 4.79 Å². The van der Waals surface area contributed by atoms with E-state index in [-0.39, 0.29) is 11.6 Å². The molecule has 0 unspecified atom stereocenters. The summed E-state index contributed by atoms with van der Waals surface area (Å²) in [5, 5.41) is 3.36. The minimum Gasteiger partial charge on any atom is -0.459 e. The van der Waals surface area contributed by atoms with Gasteiger partial charge >= 0.3 is 5.97 Å². The summed E-state index contributed by atoms with van der Waals surface area (Å²) in [6.45, 7) is 8.46. The molecule has 0 atom stereocenters. The third kappa shape index (κ3) is 6.74. The lowest BCUT2D eigenvalue weighted by atomic mass is 9.83. The largest absolute Gasteiger partial charge is 0.459 e. The molecule has 0 aromatic carbocycles. The Morgan fingerprint density at radius 1 is 1.10 bits per heavy atom. The smallest absolute Gasteiger partial charge is 0.306 e. The third-order valence-corrected chi connectivity index (χ3v) is 4.43. The van der Waals surface area contributed by atoms with Crippen LogP contribution in [0.3, 0.4) is 0 Å². The fourth-order valence-electron chi connectivity index (χ4n) is 2.99. The van der Waals surface area contributed by atoms with Crippen molar-refractivity contribution in [3.8, 4) is 0 Å². The average Bonchev–Trinajstić information content (AvgIpc) is 2.43. The Hall–Kier alpha value is -0.570. The molecule has 20 heavy (non-hydrogen) atoms. The number of nitrogens with one attached hydrogen (secondary N) is 1. The second-order valence-corrected chi connectivity index (χ2v) is 6.62. The molecule has 0 saturated carbocycles. The van der Waals surface area contributed by atoms with Crippen LogP contribution < -0.4 is 5.32 Å². The van der Waals surface area contributed by atoms with E-state index in [4.69, 9.17) is 4.74 Å². The number of piperidine rings is 1. The second kappa shape index (κ2) is 9.38. The summed E-state index contributed by atoms with van der Waals surface area (Å²) in [6.07, 6.45) is 10.1. The van der Waals surface area contributed by atoms with Crippen LogP contribution in [0.2, 0.25) is 0 Å². The summed E-state index contributed by atoms with van der Waals surface area (Å²) in [7, 11) is 0. The zero-order chi connectivity index (χ0) is 14.8. The molecule has 1 aliphatic rings. The van der Waals surface area contributed by atoms with Crippen molar-refractivity contribution in [1.82, 2.24) is 5.32 Å². The van der Waals surface area contributed by atoms with E-state index >= 15 is 0 Å².